The molecule has 1 aromatic carbocycles. The van der Waals surface area contributed by atoms with E-state index < -0.39 is 0 Å². The average molecular weight is 379 g/mol. The van der Waals surface area contributed by atoms with Crippen LogP contribution in [0.25, 0.3) is 23.2 Å². The van der Waals surface area contributed by atoms with Gasteiger partial charge in [0.05, 0.1) is 0 Å². The monoisotopic (exact) mass is 379 g/mol. The summed E-state index contributed by atoms with van der Waals surface area (Å²) < 4.78 is 7.86. The Labute approximate surface area is 162 Å². The Morgan fingerprint density at radius 1 is 1.07 bits per heavy atom. The van der Waals surface area contributed by atoms with Crippen LogP contribution in [-0.4, -0.2) is 61.4 Å². The van der Waals surface area contributed by atoms with Gasteiger partial charge < -0.3 is 14.2 Å². The summed E-state index contributed by atoms with van der Waals surface area (Å²) >= 11 is 0. The highest BCUT2D eigenvalue weighted by atomic mass is 16.4. The lowest BCUT2D eigenvalue weighted by Gasteiger charge is -2.37. The van der Waals surface area contributed by atoms with Gasteiger partial charge in [-0.05, 0) is 25.5 Å². The van der Waals surface area contributed by atoms with Gasteiger partial charge in [-0.1, -0.05) is 18.2 Å². The number of piperazine rings is 1. The fraction of sp³-hybridized carbons (Fsp3) is 0.421. The van der Waals surface area contributed by atoms with E-state index in [0.717, 1.165) is 37.6 Å². The van der Waals surface area contributed by atoms with Crippen molar-refractivity contribution in [2.24, 2.45) is 0 Å². The van der Waals surface area contributed by atoms with Crippen LogP contribution in [0, 0.1) is 0 Å². The van der Waals surface area contributed by atoms with Crippen molar-refractivity contribution < 1.29 is 9.21 Å². The lowest BCUT2D eigenvalue weighted by molar-refractivity contribution is -0.129. The van der Waals surface area contributed by atoms with Crippen LogP contribution < -0.4 is 4.90 Å². The van der Waals surface area contributed by atoms with Gasteiger partial charge in [-0.25, -0.2) is 0 Å². The normalized spacial score (nSPS) is 19.3. The van der Waals surface area contributed by atoms with Gasteiger partial charge >= 0.3 is 0 Å². The van der Waals surface area contributed by atoms with Gasteiger partial charge in [-0.2, -0.15) is 0 Å². The predicted octanol–water partition coefficient (Wildman–Crippen LogP) is 1.83. The maximum absolute atomic E-state index is 11.9. The minimum absolute atomic E-state index is 0.264. The maximum atomic E-state index is 11.9. The Bertz CT molecular complexity index is 997. The number of amides is 1. The standard InChI is InChI=1S/C19H21N7O2/c1-2-25-16(18-22-21-17(28-18)13-6-4-3-5-7-13)20-23-19(25)24-10-11-26-14(12-24)8-9-15(26)27/h3-7,14H,2,8-12H2,1H3. The molecule has 3 aromatic rings. The molecule has 0 N–H and O–H groups in total. The van der Waals surface area contributed by atoms with E-state index in [9.17, 15) is 4.79 Å². The first kappa shape index (κ1) is 16.9. The van der Waals surface area contributed by atoms with Crippen molar-refractivity contribution in [2.75, 3.05) is 24.5 Å². The number of nitrogens with zero attached hydrogens (tertiary/aromatic N) is 7. The molecule has 2 saturated heterocycles. The summed E-state index contributed by atoms with van der Waals surface area (Å²) in [5.41, 5.74) is 0.867. The molecule has 0 aliphatic carbocycles. The third-order valence-corrected chi connectivity index (χ3v) is 5.46. The Balaban J connectivity index is 1.43. The molecule has 2 fully saturated rings. The average Bonchev–Trinajstić information content (AvgIpc) is 3.46. The second-order valence-corrected chi connectivity index (χ2v) is 7.07. The molecule has 0 spiro atoms. The molecule has 2 aliphatic rings. The van der Waals surface area contributed by atoms with Crippen LogP contribution >= 0.6 is 0 Å². The molecule has 9 heteroatoms. The molecule has 0 radical (unpaired) electrons. The predicted molar refractivity (Wildman–Crippen MR) is 101 cm³/mol. The number of fused-ring (bicyclic) bond motifs is 1. The van der Waals surface area contributed by atoms with Crippen molar-refractivity contribution in [2.45, 2.75) is 32.4 Å². The van der Waals surface area contributed by atoms with Crippen LogP contribution in [0.2, 0.25) is 0 Å². The van der Waals surface area contributed by atoms with Crippen LogP contribution in [0.15, 0.2) is 34.7 Å². The van der Waals surface area contributed by atoms with Crippen molar-refractivity contribution in [3.05, 3.63) is 30.3 Å². The molecule has 2 aromatic heterocycles. The maximum Gasteiger partial charge on any atom is 0.286 e. The van der Waals surface area contributed by atoms with E-state index in [-0.39, 0.29) is 11.9 Å². The lowest BCUT2D eigenvalue weighted by Crippen LogP contribution is -2.52. The van der Waals surface area contributed by atoms with Crippen molar-refractivity contribution in [1.82, 2.24) is 29.9 Å². The molecule has 1 atom stereocenters. The second kappa shape index (κ2) is 6.74. The Morgan fingerprint density at radius 2 is 1.89 bits per heavy atom. The number of carbonyl (C=O) groups excluding carboxylic acids is 1. The zero-order chi connectivity index (χ0) is 19.1. The van der Waals surface area contributed by atoms with Crippen LogP contribution in [0.3, 0.4) is 0 Å². The van der Waals surface area contributed by atoms with E-state index in [1.807, 2.05) is 46.7 Å². The molecular weight excluding hydrogens is 358 g/mol. The molecule has 9 nitrogen and oxygen atoms in total. The van der Waals surface area contributed by atoms with Crippen LogP contribution in [0.5, 0.6) is 0 Å². The summed E-state index contributed by atoms with van der Waals surface area (Å²) in [7, 11) is 0. The molecule has 4 heterocycles. The van der Waals surface area contributed by atoms with Gasteiger partial charge in [0, 0.05) is 44.2 Å². The summed E-state index contributed by atoms with van der Waals surface area (Å²) in [4.78, 5) is 16.1. The van der Waals surface area contributed by atoms with E-state index in [0.29, 0.717) is 30.6 Å². The molecule has 2 aliphatic heterocycles. The Morgan fingerprint density at radius 3 is 2.71 bits per heavy atom. The minimum atomic E-state index is 0.264. The second-order valence-electron chi connectivity index (χ2n) is 7.07. The summed E-state index contributed by atoms with van der Waals surface area (Å²) in [6.07, 6.45) is 1.56. The summed E-state index contributed by atoms with van der Waals surface area (Å²) in [6, 6.07) is 9.92. The van der Waals surface area contributed by atoms with Crippen molar-refractivity contribution in [3.8, 4) is 23.2 Å². The molecule has 28 heavy (non-hydrogen) atoms. The Kier molecular flexibility index (Phi) is 4.07. The van der Waals surface area contributed by atoms with Gasteiger partial charge in [0.2, 0.25) is 23.6 Å². The first-order valence-corrected chi connectivity index (χ1v) is 9.61. The molecule has 0 saturated carbocycles. The zero-order valence-electron chi connectivity index (χ0n) is 15.7. The largest absolute Gasteiger partial charge is 0.413 e. The molecule has 1 unspecified atom stereocenters. The van der Waals surface area contributed by atoms with Gasteiger partial charge in [0.1, 0.15) is 0 Å². The third-order valence-electron chi connectivity index (χ3n) is 5.46. The SMILES string of the molecule is CCn1c(-c2nnc(-c3ccccc3)o2)nnc1N1CCN2C(=O)CCC2C1. The number of aromatic nitrogens is 5. The first-order valence-electron chi connectivity index (χ1n) is 9.61. The van der Waals surface area contributed by atoms with Crippen LogP contribution in [0.4, 0.5) is 5.95 Å². The lowest BCUT2D eigenvalue weighted by atomic mass is 10.2. The van der Waals surface area contributed by atoms with Gasteiger partial charge in [-0.3, -0.25) is 9.36 Å². The number of hydrogen-bond acceptors (Lipinski definition) is 7. The third kappa shape index (κ3) is 2.74. The van der Waals surface area contributed by atoms with E-state index in [1.165, 1.54) is 0 Å². The number of anilines is 1. The highest BCUT2D eigenvalue weighted by Crippen LogP contribution is 2.29. The highest BCUT2D eigenvalue weighted by molar-refractivity contribution is 5.79. The van der Waals surface area contributed by atoms with E-state index >= 15 is 0 Å². The van der Waals surface area contributed by atoms with Gasteiger partial charge in [0.25, 0.3) is 5.89 Å². The fourth-order valence-electron chi connectivity index (χ4n) is 4.04. The van der Waals surface area contributed by atoms with Crippen molar-refractivity contribution >= 4 is 11.9 Å². The molecule has 1 amide bonds. The topological polar surface area (TPSA) is 93.2 Å². The number of rotatable bonds is 4. The van der Waals surface area contributed by atoms with Crippen LogP contribution in [-0.2, 0) is 11.3 Å². The van der Waals surface area contributed by atoms with E-state index in [1.54, 1.807) is 0 Å². The molecule has 144 valence electrons. The van der Waals surface area contributed by atoms with E-state index in [2.05, 4.69) is 25.3 Å². The number of benzene rings is 1. The molecule has 0 bridgehead atoms. The smallest absolute Gasteiger partial charge is 0.286 e. The van der Waals surface area contributed by atoms with Crippen molar-refractivity contribution in [3.63, 3.8) is 0 Å². The highest BCUT2D eigenvalue weighted by Gasteiger charge is 2.37. The van der Waals surface area contributed by atoms with Crippen LogP contribution in [0.1, 0.15) is 19.8 Å². The minimum Gasteiger partial charge on any atom is -0.413 e. The Hall–Kier alpha value is -3.23. The van der Waals surface area contributed by atoms with Gasteiger partial charge in [0.15, 0.2) is 0 Å². The summed E-state index contributed by atoms with van der Waals surface area (Å²) in [5, 5.41) is 17.1. The van der Waals surface area contributed by atoms with Crippen molar-refractivity contribution in [1.29, 1.82) is 0 Å². The molecule has 5 rings (SSSR count). The molecular formula is C19H21N7O2. The summed E-state index contributed by atoms with van der Waals surface area (Å²) in [6.45, 7) is 4.99. The number of hydrogen-bond donors (Lipinski definition) is 0. The first-order chi connectivity index (χ1) is 13.7. The van der Waals surface area contributed by atoms with E-state index in [4.69, 9.17) is 4.42 Å². The fourth-order valence-corrected chi connectivity index (χ4v) is 4.04. The quantitative estimate of drug-likeness (QED) is 0.683. The van der Waals surface area contributed by atoms with Gasteiger partial charge in [-0.15, -0.1) is 20.4 Å². The summed E-state index contributed by atoms with van der Waals surface area (Å²) in [5.74, 6) is 2.43. The number of carbonyl (C=O) groups is 1. The zero-order valence-corrected chi connectivity index (χ0v) is 15.7.